The summed E-state index contributed by atoms with van der Waals surface area (Å²) in [6.45, 7) is 0.838. The van der Waals surface area contributed by atoms with Gasteiger partial charge in [0.1, 0.15) is 11.5 Å². The van der Waals surface area contributed by atoms with Gasteiger partial charge in [-0.1, -0.05) is 6.07 Å². The fourth-order valence-corrected chi connectivity index (χ4v) is 4.01. The number of hydrogen-bond acceptors (Lipinski definition) is 8. The van der Waals surface area contributed by atoms with Gasteiger partial charge in [-0.05, 0) is 43.2 Å². The summed E-state index contributed by atoms with van der Waals surface area (Å²) in [4.78, 5) is 42.0. The molecule has 0 bridgehead atoms. The molecule has 2 N–H and O–H groups in total. The number of imidazole rings is 1. The number of anilines is 2. The highest BCUT2D eigenvalue weighted by Crippen LogP contribution is 2.35. The SMILES string of the molecule is COc1ncccc1NC(=O)c1nc(C2CCCN2c2ncccn2)n2ccccc12.O=C(O)C(F)(F)F. The van der Waals surface area contributed by atoms with E-state index in [1.165, 1.54) is 7.11 Å². The first kappa shape index (κ1) is 26.3. The quantitative estimate of drug-likeness (QED) is 0.396. The van der Waals surface area contributed by atoms with Crippen LogP contribution in [0.25, 0.3) is 5.52 Å². The van der Waals surface area contributed by atoms with E-state index in [0.717, 1.165) is 30.7 Å². The Morgan fingerprint density at radius 1 is 1.08 bits per heavy atom. The van der Waals surface area contributed by atoms with E-state index in [0.29, 0.717) is 23.2 Å². The molecule has 4 aromatic heterocycles. The smallest absolute Gasteiger partial charge is 0.480 e. The normalized spacial score (nSPS) is 15.1. The first-order valence-corrected chi connectivity index (χ1v) is 11.3. The summed E-state index contributed by atoms with van der Waals surface area (Å²) in [5.74, 6) is -1.26. The Hall–Kier alpha value is -4.75. The van der Waals surface area contributed by atoms with Crippen molar-refractivity contribution < 1.29 is 32.6 Å². The molecular formula is C24H22F3N7O4. The third-order valence-electron chi connectivity index (χ3n) is 5.61. The maximum atomic E-state index is 13.2. The molecule has 11 nitrogen and oxygen atoms in total. The molecular weight excluding hydrogens is 507 g/mol. The third kappa shape index (κ3) is 5.63. The van der Waals surface area contributed by atoms with Crippen molar-refractivity contribution in [2.75, 3.05) is 23.9 Å². The van der Waals surface area contributed by atoms with Gasteiger partial charge in [0.05, 0.1) is 18.7 Å². The molecule has 1 fully saturated rings. The Morgan fingerprint density at radius 2 is 1.79 bits per heavy atom. The average molecular weight is 529 g/mol. The third-order valence-corrected chi connectivity index (χ3v) is 5.61. The molecule has 5 heterocycles. The fraction of sp³-hybridized carbons (Fsp3) is 0.250. The molecule has 5 rings (SSSR count). The van der Waals surface area contributed by atoms with E-state index in [-0.39, 0.29) is 11.9 Å². The Labute approximate surface area is 213 Å². The minimum Gasteiger partial charge on any atom is -0.480 e. The first-order chi connectivity index (χ1) is 18.2. The topological polar surface area (TPSA) is 135 Å². The Bertz CT molecular complexity index is 1430. The van der Waals surface area contributed by atoms with Crippen molar-refractivity contribution in [1.29, 1.82) is 0 Å². The Kier molecular flexibility index (Phi) is 7.69. The predicted octanol–water partition coefficient (Wildman–Crippen LogP) is 3.76. The molecule has 0 aliphatic carbocycles. The van der Waals surface area contributed by atoms with Crippen molar-refractivity contribution in [3.8, 4) is 5.88 Å². The zero-order valence-electron chi connectivity index (χ0n) is 20.0. The van der Waals surface area contributed by atoms with Gasteiger partial charge in [-0.3, -0.25) is 4.79 Å². The molecule has 14 heteroatoms. The summed E-state index contributed by atoms with van der Waals surface area (Å²) in [6, 6.07) is 11.0. The van der Waals surface area contributed by atoms with Crippen molar-refractivity contribution in [3.05, 3.63) is 72.7 Å². The number of amides is 1. The number of methoxy groups -OCH3 is 1. The van der Waals surface area contributed by atoms with Gasteiger partial charge in [-0.2, -0.15) is 13.2 Å². The van der Waals surface area contributed by atoms with Crippen LogP contribution in [0.15, 0.2) is 61.2 Å². The van der Waals surface area contributed by atoms with Crippen molar-refractivity contribution in [3.63, 3.8) is 0 Å². The average Bonchev–Trinajstić information content (AvgIpc) is 3.54. The Morgan fingerprint density at radius 3 is 2.47 bits per heavy atom. The highest BCUT2D eigenvalue weighted by Gasteiger charge is 2.38. The highest BCUT2D eigenvalue weighted by atomic mass is 19.4. The largest absolute Gasteiger partial charge is 0.490 e. The predicted molar refractivity (Wildman–Crippen MR) is 129 cm³/mol. The lowest BCUT2D eigenvalue weighted by molar-refractivity contribution is -0.192. The number of ether oxygens (including phenoxy) is 1. The van der Waals surface area contributed by atoms with Gasteiger partial charge in [0.2, 0.25) is 11.8 Å². The lowest BCUT2D eigenvalue weighted by Crippen LogP contribution is -2.26. The molecule has 1 saturated heterocycles. The molecule has 1 atom stereocenters. The number of aliphatic carboxylic acids is 1. The van der Waals surface area contributed by atoms with Crippen molar-refractivity contribution >= 4 is 29.0 Å². The number of nitrogens with zero attached hydrogens (tertiary/aromatic N) is 6. The number of carbonyl (C=O) groups excluding carboxylic acids is 1. The van der Waals surface area contributed by atoms with E-state index in [9.17, 15) is 18.0 Å². The number of rotatable bonds is 5. The maximum Gasteiger partial charge on any atom is 0.490 e. The second-order valence-electron chi connectivity index (χ2n) is 7.99. The van der Waals surface area contributed by atoms with Crippen molar-refractivity contribution in [2.24, 2.45) is 0 Å². The summed E-state index contributed by atoms with van der Waals surface area (Å²) in [6.07, 6.45) is 3.84. The number of nitrogens with one attached hydrogen (secondary N) is 1. The zero-order chi connectivity index (χ0) is 27.3. The number of carbonyl (C=O) groups is 2. The number of alkyl halides is 3. The monoisotopic (exact) mass is 529 g/mol. The molecule has 4 aromatic rings. The molecule has 1 aliphatic heterocycles. The van der Waals surface area contributed by atoms with Gasteiger partial charge in [-0.15, -0.1) is 0 Å². The lowest BCUT2D eigenvalue weighted by atomic mass is 10.2. The number of aromatic nitrogens is 5. The van der Waals surface area contributed by atoms with Gasteiger partial charge in [-0.25, -0.2) is 24.7 Å². The number of carboxylic acids is 1. The first-order valence-electron chi connectivity index (χ1n) is 11.3. The van der Waals surface area contributed by atoms with Crippen LogP contribution in [-0.4, -0.2) is 61.2 Å². The van der Waals surface area contributed by atoms with Crippen LogP contribution in [0.3, 0.4) is 0 Å². The van der Waals surface area contributed by atoms with Crippen LogP contribution in [-0.2, 0) is 4.79 Å². The number of hydrogen-bond donors (Lipinski definition) is 2. The molecule has 38 heavy (non-hydrogen) atoms. The van der Waals surface area contributed by atoms with Gasteiger partial charge in [0, 0.05) is 31.3 Å². The van der Waals surface area contributed by atoms with Crippen LogP contribution in [0.4, 0.5) is 24.8 Å². The van der Waals surface area contributed by atoms with Crippen molar-refractivity contribution in [1.82, 2.24) is 24.3 Å². The number of carboxylic acid groups (broad SMARTS) is 1. The van der Waals surface area contributed by atoms with E-state index in [1.807, 2.05) is 28.8 Å². The van der Waals surface area contributed by atoms with Crippen LogP contribution in [0.2, 0.25) is 0 Å². The van der Waals surface area contributed by atoms with E-state index in [4.69, 9.17) is 19.6 Å². The lowest BCUT2D eigenvalue weighted by Gasteiger charge is -2.23. The van der Waals surface area contributed by atoms with E-state index in [1.54, 1.807) is 36.8 Å². The number of pyridine rings is 2. The van der Waals surface area contributed by atoms with Gasteiger partial charge in [0.15, 0.2) is 5.69 Å². The fourth-order valence-electron chi connectivity index (χ4n) is 4.01. The van der Waals surface area contributed by atoms with Crippen LogP contribution < -0.4 is 15.0 Å². The van der Waals surface area contributed by atoms with Crippen LogP contribution in [0, 0.1) is 0 Å². The second kappa shape index (κ2) is 11.1. The molecule has 0 aromatic carbocycles. The second-order valence-corrected chi connectivity index (χ2v) is 7.99. The number of fused-ring (bicyclic) bond motifs is 1. The van der Waals surface area contributed by atoms with Gasteiger partial charge in [0.25, 0.3) is 5.91 Å². The summed E-state index contributed by atoms with van der Waals surface area (Å²) in [7, 11) is 1.52. The molecule has 0 spiro atoms. The molecule has 198 valence electrons. The van der Waals surface area contributed by atoms with E-state index in [2.05, 4.69) is 25.2 Å². The van der Waals surface area contributed by atoms with Crippen molar-refractivity contribution in [2.45, 2.75) is 25.1 Å². The Balaban J connectivity index is 0.000000426. The highest BCUT2D eigenvalue weighted by molar-refractivity contribution is 6.08. The maximum absolute atomic E-state index is 13.2. The summed E-state index contributed by atoms with van der Waals surface area (Å²) in [5.41, 5.74) is 1.58. The minimum atomic E-state index is -5.08. The molecule has 1 aliphatic rings. The van der Waals surface area contributed by atoms with Crippen LogP contribution in [0.5, 0.6) is 5.88 Å². The zero-order valence-corrected chi connectivity index (χ0v) is 20.0. The molecule has 0 radical (unpaired) electrons. The molecule has 0 saturated carbocycles. The summed E-state index contributed by atoms with van der Waals surface area (Å²) >= 11 is 0. The molecule has 1 amide bonds. The standard InChI is InChI=1S/C22H21N7O2.C2HF3O2/c1-31-21-15(7-4-10-23-21)26-20(30)18-16-8-2-3-13-28(16)19(27-18)17-9-5-14-29(17)22-24-11-6-12-25-22;3-2(4,5)1(6)7/h2-4,6-8,10-13,17H,5,9,14H2,1H3,(H,26,30);(H,6,7). The van der Waals surface area contributed by atoms with Gasteiger partial charge < -0.3 is 24.5 Å². The minimum absolute atomic E-state index is 0.0215. The van der Waals surface area contributed by atoms with Crippen LogP contribution >= 0.6 is 0 Å². The van der Waals surface area contributed by atoms with E-state index >= 15 is 0 Å². The van der Waals surface area contributed by atoms with Gasteiger partial charge >= 0.3 is 12.1 Å². The van der Waals surface area contributed by atoms with Crippen LogP contribution in [0.1, 0.15) is 35.2 Å². The number of halogens is 3. The molecule has 1 unspecified atom stereocenters. The van der Waals surface area contributed by atoms with E-state index < -0.39 is 12.1 Å². The summed E-state index contributed by atoms with van der Waals surface area (Å²) in [5, 5.41) is 10.0. The summed E-state index contributed by atoms with van der Waals surface area (Å²) < 4.78 is 39.0.